The fraction of sp³-hybridized carbons (Fsp3) is 0.500. The third-order valence-corrected chi connectivity index (χ3v) is 4.54. The maximum atomic E-state index is 12.8. The first kappa shape index (κ1) is 18.3. The van der Waals surface area contributed by atoms with Crippen LogP contribution < -0.4 is 9.47 Å². The van der Waals surface area contributed by atoms with E-state index in [-0.39, 0.29) is 23.7 Å². The maximum Gasteiger partial charge on any atom is 0.290 e. The molecule has 2 heterocycles. The van der Waals surface area contributed by atoms with Crippen LogP contribution in [0.4, 0.5) is 0 Å². The predicted octanol–water partition coefficient (Wildman–Crippen LogP) is 3.18. The summed E-state index contributed by atoms with van der Waals surface area (Å²) in [6.07, 6.45) is 1.01. The molecule has 140 valence electrons. The minimum Gasteiger partial charge on any atom is -0.503 e. The Kier molecular flexibility index (Phi) is 5.20. The first-order chi connectivity index (χ1) is 12.4. The van der Waals surface area contributed by atoms with Gasteiger partial charge in [-0.3, -0.25) is 9.59 Å². The standard InChI is InChI=1S/C20H25NO5/c1-4-7-21-18(13-5-6-15-16(11-13)26-9-8-25-15)17(19(23)20(21)24)14(22)10-12(2)3/h5-6,11-12,18,23H,4,7-10H2,1-3H3. The van der Waals surface area contributed by atoms with Gasteiger partial charge in [-0.15, -0.1) is 0 Å². The van der Waals surface area contributed by atoms with Crippen LogP contribution in [0.3, 0.4) is 0 Å². The van der Waals surface area contributed by atoms with Gasteiger partial charge in [-0.05, 0) is 30.0 Å². The summed E-state index contributed by atoms with van der Waals surface area (Å²) in [5.41, 5.74) is 0.932. The molecule has 6 nitrogen and oxygen atoms in total. The normalized spacial score (nSPS) is 19.5. The van der Waals surface area contributed by atoms with E-state index in [2.05, 4.69) is 0 Å². The summed E-state index contributed by atoms with van der Waals surface area (Å²) in [6, 6.07) is 4.83. The molecule has 2 aliphatic rings. The molecule has 0 radical (unpaired) electrons. The van der Waals surface area contributed by atoms with Crippen LogP contribution in [0.2, 0.25) is 0 Å². The summed E-state index contributed by atoms with van der Waals surface area (Å²) in [5.74, 6) is 0.278. The van der Waals surface area contributed by atoms with E-state index in [9.17, 15) is 14.7 Å². The number of amides is 1. The highest BCUT2D eigenvalue weighted by molar-refractivity contribution is 6.09. The molecule has 0 saturated heterocycles. The lowest BCUT2D eigenvalue weighted by Gasteiger charge is -2.28. The van der Waals surface area contributed by atoms with Gasteiger partial charge in [-0.1, -0.05) is 26.8 Å². The van der Waals surface area contributed by atoms with E-state index in [0.717, 1.165) is 12.0 Å². The molecule has 0 aromatic heterocycles. The number of hydrogen-bond acceptors (Lipinski definition) is 5. The molecule has 2 aliphatic heterocycles. The molecule has 1 unspecified atom stereocenters. The monoisotopic (exact) mass is 359 g/mol. The number of benzene rings is 1. The molecule has 1 aromatic carbocycles. The van der Waals surface area contributed by atoms with E-state index in [0.29, 0.717) is 31.3 Å². The quantitative estimate of drug-likeness (QED) is 0.844. The number of aliphatic hydroxyl groups is 1. The number of carbonyl (C=O) groups is 2. The van der Waals surface area contributed by atoms with Crippen LogP contribution in [-0.2, 0) is 9.59 Å². The SMILES string of the molecule is CCCN1C(=O)C(O)=C(C(=O)CC(C)C)C1c1ccc2c(c1)OCCO2. The minimum absolute atomic E-state index is 0.138. The zero-order valence-corrected chi connectivity index (χ0v) is 15.4. The molecule has 0 saturated carbocycles. The summed E-state index contributed by atoms with van der Waals surface area (Å²) >= 11 is 0. The highest BCUT2D eigenvalue weighted by atomic mass is 16.6. The number of ether oxygens (including phenoxy) is 2. The number of fused-ring (bicyclic) bond motifs is 1. The van der Waals surface area contributed by atoms with Gasteiger partial charge in [0.1, 0.15) is 13.2 Å². The van der Waals surface area contributed by atoms with Crippen molar-refractivity contribution in [3.8, 4) is 11.5 Å². The van der Waals surface area contributed by atoms with Crippen molar-refractivity contribution in [2.75, 3.05) is 19.8 Å². The average Bonchev–Trinajstić information content (AvgIpc) is 2.86. The highest BCUT2D eigenvalue weighted by Crippen LogP contribution is 2.42. The Balaban J connectivity index is 2.04. The third-order valence-electron chi connectivity index (χ3n) is 4.54. The molecule has 0 bridgehead atoms. The van der Waals surface area contributed by atoms with Crippen LogP contribution in [0, 0.1) is 5.92 Å². The van der Waals surface area contributed by atoms with E-state index in [4.69, 9.17) is 9.47 Å². The van der Waals surface area contributed by atoms with Gasteiger partial charge >= 0.3 is 0 Å². The molecule has 1 amide bonds. The number of hydrogen-bond donors (Lipinski definition) is 1. The van der Waals surface area contributed by atoms with Crippen molar-refractivity contribution in [3.63, 3.8) is 0 Å². The Morgan fingerprint density at radius 2 is 1.96 bits per heavy atom. The summed E-state index contributed by atoms with van der Waals surface area (Å²) in [4.78, 5) is 26.9. The molecule has 0 fully saturated rings. The van der Waals surface area contributed by atoms with E-state index < -0.39 is 17.7 Å². The fourth-order valence-corrected chi connectivity index (χ4v) is 3.47. The zero-order chi connectivity index (χ0) is 18.8. The second-order valence-electron chi connectivity index (χ2n) is 7.09. The first-order valence-electron chi connectivity index (χ1n) is 9.10. The summed E-state index contributed by atoms with van der Waals surface area (Å²) in [5, 5.41) is 10.4. The van der Waals surface area contributed by atoms with Crippen molar-refractivity contribution in [3.05, 3.63) is 35.1 Å². The van der Waals surface area contributed by atoms with Crippen molar-refractivity contribution >= 4 is 11.7 Å². The number of aliphatic hydroxyl groups excluding tert-OH is 1. The summed E-state index contributed by atoms with van der Waals surface area (Å²) in [6.45, 7) is 7.25. The van der Waals surface area contributed by atoms with Gasteiger partial charge in [0.15, 0.2) is 23.0 Å². The molecule has 6 heteroatoms. The van der Waals surface area contributed by atoms with Crippen molar-refractivity contribution < 1.29 is 24.2 Å². The van der Waals surface area contributed by atoms with Crippen molar-refractivity contribution in [1.29, 1.82) is 0 Å². The van der Waals surface area contributed by atoms with Crippen LogP contribution in [-0.4, -0.2) is 41.5 Å². The van der Waals surface area contributed by atoms with Gasteiger partial charge in [-0.2, -0.15) is 0 Å². The molecule has 1 N–H and O–H groups in total. The second-order valence-corrected chi connectivity index (χ2v) is 7.09. The van der Waals surface area contributed by atoms with Gasteiger partial charge in [0.25, 0.3) is 5.91 Å². The zero-order valence-electron chi connectivity index (χ0n) is 15.4. The molecule has 1 atom stereocenters. The Labute approximate surface area is 153 Å². The topological polar surface area (TPSA) is 76.1 Å². The Morgan fingerprint density at radius 3 is 2.62 bits per heavy atom. The largest absolute Gasteiger partial charge is 0.503 e. The lowest BCUT2D eigenvalue weighted by atomic mass is 9.92. The van der Waals surface area contributed by atoms with Gasteiger partial charge in [0, 0.05) is 13.0 Å². The Hall–Kier alpha value is -2.50. The second kappa shape index (κ2) is 7.40. The van der Waals surface area contributed by atoms with Gasteiger partial charge in [0.2, 0.25) is 0 Å². The van der Waals surface area contributed by atoms with Crippen molar-refractivity contribution in [1.82, 2.24) is 4.90 Å². The predicted molar refractivity (Wildman–Crippen MR) is 96.3 cm³/mol. The number of rotatable bonds is 6. The van der Waals surface area contributed by atoms with Gasteiger partial charge in [0.05, 0.1) is 11.6 Å². The lowest BCUT2D eigenvalue weighted by Crippen LogP contribution is -2.32. The van der Waals surface area contributed by atoms with E-state index in [1.807, 2.05) is 26.8 Å². The maximum absolute atomic E-state index is 12.8. The fourth-order valence-electron chi connectivity index (χ4n) is 3.47. The number of ketones is 1. The van der Waals surface area contributed by atoms with Crippen molar-refractivity contribution in [2.24, 2.45) is 5.92 Å². The first-order valence-corrected chi connectivity index (χ1v) is 9.10. The number of nitrogens with zero attached hydrogens (tertiary/aromatic N) is 1. The summed E-state index contributed by atoms with van der Waals surface area (Å²) in [7, 11) is 0. The average molecular weight is 359 g/mol. The van der Waals surface area contributed by atoms with Gasteiger partial charge < -0.3 is 19.5 Å². The highest BCUT2D eigenvalue weighted by Gasteiger charge is 2.43. The Bertz CT molecular complexity index is 753. The van der Waals surface area contributed by atoms with E-state index >= 15 is 0 Å². The smallest absolute Gasteiger partial charge is 0.290 e. The molecule has 0 aliphatic carbocycles. The van der Waals surface area contributed by atoms with Crippen LogP contribution >= 0.6 is 0 Å². The lowest BCUT2D eigenvalue weighted by molar-refractivity contribution is -0.129. The molecular weight excluding hydrogens is 334 g/mol. The summed E-state index contributed by atoms with van der Waals surface area (Å²) < 4.78 is 11.2. The van der Waals surface area contributed by atoms with E-state index in [1.54, 1.807) is 17.0 Å². The molecule has 26 heavy (non-hydrogen) atoms. The third kappa shape index (κ3) is 3.28. The Morgan fingerprint density at radius 1 is 1.27 bits per heavy atom. The van der Waals surface area contributed by atoms with Crippen LogP contribution in [0.5, 0.6) is 11.5 Å². The molecule has 3 rings (SSSR count). The molecular formula is C20H25NO5. The minimum atomic E-state index is -0.593. The molecule has 0 spiro atoms. The van der Waals surface area contributed by atoms with E-state index in [1.165, 1.54) is 0 Å². The van der Waals surface area contributed by atoms with Crippen molar-refractivity contribution in [2.45, 2.75) is 39.7 Å². The van der Waals surface area contributed by atoms with Crippen LogP contribution in [0.1, 0.15) is 45.2 Å². The molecule has 1 aromatic rings. The number of carbonyl (C=O) groups excluding carboxylic acids is 2. The number of Topliss-reactive ketones (excluding diaryl/α,β-unsaturated/α-hetero) is 1. The van der Waals surface area contributed by atoms with Crippen LogP contribution in [0.25, 0.3) is 0 Å². The van der Waals surface area contributed by atoms with Gasteiger partial charge in [-0.25, -0.2) is 0 Å². The van der Waals surface area contributed by atoms with Crippen LogP contribution in [0.15, 0.2) is 29.5 Å².